The minimum Gasteiger partial charge on any atom is -0.313 e. The highest BCUT2D eigenvalue weighted by atomic mass is 32.1. The van der Waals surface area contributed by atoms with Gasteiger partial charge in [0.2, 0.25) is 0 Å². The van der Waals surface area contributed by atoms with Crippen molar-refractivity contribution >= 4 is 21.4 Å². The summed E-state index contributed by atoms with van der Waals surface area (Å²) in [7, 11) is 0. The van der Waals surface area contributed by atoms with Crippen LogP contribution in [0.25, 0.3) is 21.3 Å². The van der Waals surface area contributed by atoms with Gasteiger partial charge in [-0.3, -0.25) is 4.79 Å². The van der Waals surface area contributed by atoms with Gasteiger partial charge in [-0.1, -0.05) is 32.0 Å². The molecule has 0 atom stereocenters. The third-order valence-corrected chi connectivity index (χ3v) is 4.16. The fraction of sp³-hybridized carbons (Fsp3) is 0.200. The summed E-state index contributed by atoms with van der Waals surface area (Å²) in [5, 5.41) is 3.26. The Balaban J connectivity index is 2.36. The first kappa shape index (κ1) is 12.1. The molecule has 0 saturated carbocycles. The molecule has 3 rings (SSSR count). The number of fused-ring (bicyclic) bond motifs is 1. The molecule has 0 aliphatic rings. The molecule has 0 unspecified atom stereocenters. The Hall–Kier alpha value is -1.94. The highest BCUT2D eigenvalue weighted by Gasteiger charge is 2.16. The molecule has 2 heterocycles. The van der Waals surface area contributed by atoms with Gasteiger partial charge in [0, 0.05) is 15.8 Å². The lowest BCUT2D eigenvalue weighted by Gasteiger charge is -2.11. The molecular formula is C15H14N2OS. The third-order valence-electron chi connectivity index (χ3n) is 3.20. The minimum atomic E-state index is -0.0476. The number of rotatable bonds is 2. The van der Waals surface area contributed by atoms with Gasteiger partial charge >= 0.3 is 0 Å². The van der Waals surface area contributed by atoms with Crippen LogP contribution in [0.15, 0.2) is 40.8 Å². The zero-order valence-corrected chi connectivity index (χ0v) is 11.6. The van der Waals surface area contributed by atoms with Crippen molar-refractivity contribution < 1.29 is 0 Å². The van der Waals surface area contributed by atoms with Gasteiger partial charge in [0.05, 0.1) is 12.0 Å². The molecule has 4 heteroatoms. The van der Waals surface area contributed by atoms with Crippen LogP contribution in [0.1, 0.15) is 25.3 Å². The lowest BCUT2D eigenvalue weighted by atomic mass is 9.98. The van der Waals surface area contributed by atoms with Crippen LogP contribution >= 0.6 is 11.3 Å². The number of hydrogen-bond acceptors (Lipinski definition) is 3. The van der Waals surface area contributed by atoms with E-state index in [1.54, 1.807) is 11.3 Å². The fourth-order valence-electron chi connectivity index (χ4n) is 2.34. The highest BCUT2D eigenvalue weighted by Crippen LogP contribution is 2.33. The van der Waals surface area contributed by atoms with Crippen LogP contribution in [0, 0.1) is 0 Å². The quantitative estimate of drug-likeness (QED) is 0.770. The molecule has 19 heavy (non-hydrogen) atoms. The van der Waals surface area contributed by atoms with E-state index in [4.69, 9.17) is 0 Å². The maximum atomic E-state index is 12.0. The van der Waals surface area contributed by atoms with Gasteiger partial charge in [-0.15, -0.1) is 11.3 Å². The Kier molecular flexibility index (Phi) is 2.95. The molecule has 0 spiro atoms. The SMILES string of the molecule is CC(C)c1c(-c2cccc3ccsc23)nc[nH]c1=O. The van der Waals surface area contributed by atoms with Crippen molar-refractivity contribution in [1.82, 2.24) is 9.97 Å². The van der Waals surface area contributed by atoms with Gasteiger partial charge in [-0.05, 0) is 22.8 Å². The topological polar surface area (TPSA) is 45.8 Å². The lowest BCUT2D eigenvalue weighted by molar-refractivity contribution is 0.834. The first-order chi connectivity index (χ1) is 9.18. The van der Waals surface area contributed by atoms with Gasteiger partial charge in [-0.2, -0.15) is 0 Å². The predicted octanol–water partition coefficient (Wildman–Crippen LogP) is 3.78. The molecule has 0 aliphatic heterocycles. The van der Waals surface area contributed by atoms with Crippen molar-refractivity contribution in [2.75, 3.05) is 0 Å². The molecular weight excluding hydrogens is 256 g/mol. The van der Waals surface area contributed by atoms with E-state index in [1.165, 1.54) is 16.4 Å². The van der Waals surface area contributed by atoms with Crippen LogP contribution in [-0.2, 0) is 0 Å². The largest absolute Gasteiger partial charge is 0.313 e. The highest BCUT2D eigenvalue weighted by molar-refractivity contribution is 7.17. The first-order valence-corrected chi connectivity index (χ1v) is 7.10. The van der Waals surface area contributed by atoms with Crippen LogP contribution in [-0.4, -0.2) is 9.97 Å². The molecule has 1 aromatic carbocycles. The van der Waals surface area contributed by atoms with Crippen LogP contribution < -0.4 is 5.56 Å². The van der Waals surface area contributed by atoms with E-state index in [-0.39, 0.29) is 11.5 Å². The molecule has 0 aliphatic carbocycles. The van der Waals surface area contributed by atoms with Gasteiger partial charge in [-0.25, -0.2) is 4.98 Å². The third kappa shape index (κ3) is 1.98. The average Bonchev–Trinajstić information content (AvgIpc) is 2.85. The molecule has 2 aromatic heterocycles. The molecule has 3 aromatic rings. The second kappa shape index (κ2) is 4.63. The Labute approximate surface area is 115 Å². The number of nitrogens with zero attached hydrogens (tertiary/aromatic N) is 1. The van der Waals surface area contributed by atoms with Crippen molar-refractivity contribution in [2.45, 2.75) is 19.8 Å². The van der Waals surface area contributed by atoms with Gasteiger partial charge < -0.3 is 4.98 Å². The van der Waals surface area contributed by atoms with Crippen molar-refractivity contribution in [3.05, 3.63) is 51.9 Å². The van der Waals surface area contributed by atoms with E-state index in [0.717, 1.165) is 16.8 Å². The van der Waals surface area contributed by atoms with Crippen molar-refractivity contribution in [3.63, 3.8) is 0 Å². The summed E-state index contributed by atoms with van der Waals surface area (Å²) in [6.45, 7) is 4.04. The molecule has 0 bridgehead atoms. The molecule has 0 fully saturated rings. The fourth-order valence-corrected chi connectivity index (χ4v) is 3.25. The van der Waals surface area contributed by atoms with Gasteiger partial charge in [0.15, 0.2) is 0 Å². The summed E-state index contributed by atoms with van der Waals surface area (Å²) in [5.41, 5.74) is 2.55. The predicted molar refractivity (Wildman–Crippen MR) is 79.8 cm³/mol. The first-order valence-electron chi connectivity index (χ1n) is 6.22. The number of aromatic nitrogens is 2. The summed E-state index contributed by atoms with van der Waals surface area (Å²) in [5.74, 6) is 0.141. The normalized spacial score (nSPS) is 11.3. The lowest BCUT2D eigenvalue weighted by Crippen LogP contribution is -2.16. The number of benzene rings is 1. The average molecular weight is 270 g/mol. The van der Waals surface area contributed by atoms with E-state index in [9.17, 15) is 4.79 Å². The van der Waals surface area contributed by atoms with Crippen molar-refractivity contribution in [2.24, 2.45) is 0 Å². The second-order valence-electron chi connectivity index (χ2n) is 4.79. The second-order valence-corrected chi connectivity index (χ2v) is 5.71. The standard InChI is InChI=1S/C15H14N2OS/c1-9(2)12-13(16-8-17-15(12)18)11-5-3-4-10-6-7-19-14(10)11/h3-9H,1-2H3,(H,16,17,18). The summed E-state index contributed by atoms with van der Waals surface area (Å²) < 4.78 is 1.18. The maximum absolute atomic E-state index is 12.0. The summed E-state index contributed by atoms with van der Waals surface area (Å²) in [6.07, 6.45) is 1.48. The molecule has 0 saturated heterocycles. The molecule has 0 amide bonds. The molecule has 1 N–H and O–H groups in total. The van der Waals surface area contributed by atoms with Crippen molar-refractivity contribution in [1.29, 1.82) is 0 Å². The van der Waals surface area contributed by atoms with E-state index >= 15 is 0 Å². The van der Waals surface area contributed by atoms with E-state index in [2.05, 4.69) is 27.5 Å². The van der Waals surface area contributed by atoms with E-state index < -0.39 is 0 Å². The summed E-state index contributed by atoms with van der Waals surface area (Å²) >= 11 is 1.68. The van der Waals surface area contributed by atoms with Crippen LogP contribution in [0.4, 0.5) is 0 Å². The van der Waals surface area contributed by atoms with Crippen LogP contribution in [0.3, 0.4) is 0 Å². The smallest absolute Gasteiger partial charge is 0.254 e. The summed E-state index contributed by atoms with van der Waals surface area (Å²) in [6, 6.07) is 8.22. The number of aromatic amines is 1. The number of thiophene rings is 1. The zero-order chi connectivity index (χ0) is 13.4. The van der Waals surface area contributed by atoms with Crippen molar-refractivity contribution in [3.8, 4) is 11.3 Å². The number of hydrogen-bond donors (Lipinski definition) is 1. The van der Waals surface area contributed by atoms with Gasteiger partial charge in [0.25, 0.3) is 5.56 Å². The van der Waals surface area contributed by atoms with Crippen LogP contribution in [0.5, 0.6) is 0 Å². The zero-order valence-electron chi connectivity index (χ0n) is 10.8. The monoisotopic (exact) mass is 270 g/mol. The maximum Gasteiger partial charge on any atom is 0.254 e. The molecule has 0 radical (unpaired) electrons. The number of H-pyrrole nitrogens is 1. The van der Waals surface area contributed by atoms with Crippen LogP contribution in [0.2, 0.25) is 0 Å². The minimum absolute atomic E-state index is 0.0476. The van der Waals surface area contributed by atoms with Gasteiger partial charge in [0.1, 0.15) is 0 Å². The molecule has 3 nitrogen and oxygen atoms in total. The van der Waals surface area contributed by atoms with E-state index in [0.29, 0.717) is 0 Å². The number of nitrogens with one attached hydrogen (secondary N) is 1. The Bertz CT molecular complexity index is 786. The Morgan fingerprint density at radius 1 is 1.26 bits per heavy atom. The molecule has 96 valence electrons. The summed E-state index contributed by atoms with van der Waals surface area (Å²) in [4.78, 5) is 19.1. The Morgan fingerprint density at radius 3 is 2.89 bits per heavy atom. The Morgan fingerprint density at radius 2 is 2.11 bits per heavy atom. The van der Waals surface area contributed by atoms with E-state index in [1.807, 2.05) is 26.0 Å².